The van der Waals surface area contributed by atoms with E-state index in [9.17, 15) is 4.79 Å². The summed E-state index contributed by atoms with van der Waals surface area (Å²) in [6.45, 7) is 0.907. The van der Waals surface area contributed by atoms with Gasteiger partial charge >= 0.3 is 0 Å². The highest BCUT2D eigenvalue weighted by atomic mass is 16.7. The molecule has 5 heteroatoms. The van der Waals surface area contributed by atoms with Crippen molar-refractivity contribution in [1.29, 1.82) is 0 Å². The summed E-state index contributed by atoms with van der Waals surface area (Å²) in [5, 5.41) is 3.11. The summed E-state index contributed by atoms with van der Waals surface area (Å²) in [7, 11) is 0. The minimum absolute atomic E-state index is 0.0446. The predicted octanol–water partition coefficient (Wildman–Crippen LogP) is 3.84. The third-order valence-electron chi connectivity index (χ3n) is 5.51. The standard InChI is InChI=1S/C22H24N2O3/c25-21(9-6-17-5-4-12-23-14-17)24-15-22(10-2-1-3-11-22)18-7-8-19-20(13-18)27-16-26-19/h4-9,12-14H,1-3,10-11,15-16H2,(H,24,25)/b9-6+. The molecule has 1 aliphatic heterocycles. The highest BCUT2D eigenvalue weighted by Crippen LogP contribution is 2.43. The van der Waals surface area contributed by atoms with E-state index in [1.54, 1.807) is 24.5 Å². The maximum Gasteiger partial charge on any atom is 0.244 e. The number of nitrogens with one attached hydrogen (secondary N) is 1. The highest BCUT2D eigenvalue weighted by Gasteiger charge is 2.35. The van der Waals surface area contributed by atoms with Crippen LogP contribution in [0.2, 0.25) is 0 Å². The molecule has 2 aromatic rings. The number of hydrogen-bond donors (Lipinski definition) is 1. The molecule has 4 rings (SSSR count). The molecular formula is C22H24N2O3. The van der Waals surface area contributed by atoms with Gasteiger partial charge in [0.15, 0.2) is 11.5 Å². The molecule has 27 heavy (non-hydrogen) atoms. The fraction of sp³-hybridized carbons (Fsp3) is 0.364. The lowest BCUT2D eigenvalue weighted by Crippen LogP contribution is -2.41. The molecule has 0 unspecified atom stereocenters. The number of aromatic nitrogens is 1. The Morgan fingerprint density at radius 2 is 2.00 bits per heavy atom. The molecule has 5 nitrogen and oxygen atoms in total. The SMILES string of the molecule is O=C(/C=C/c1cccnc1)NCC1(c2ccc3c(c2)OCO3)CCCCC1. The number of ether oxygens (including phenoxy) is 2. The zero-order valence-corrected chi connectivity index (χ0v) is 15.3. The van der Waals surface area contributed by atoms with Crippen LogP contribution in [0.15, 0.2) is 48.8 Å². The topological polar surface area (TPSA) is 60.5 Å². The van der Waals surface area contributed by atoms with Gasteiger partial charge < -0.3 is 14.8 Å². The summed E-state index contributed by atoms with van der Waals surface area (Å²) in [5.74, 6) is 1.53. The maximum atomic E-state index is 12.4. The summed E-state index contributed by atoms with van der Waals surface area (Å²) in [5.41, 5.74) is 2.09. The van der Waals surface area contributed by atoms with Crippen LogP contribution in [-0.4, -0.2) is 24.2 Å². The Hall–Kier alpha value is -2.82. The summed E-state index contributed by atoms with van der Waals surface area (Å²) < 4.78 is 11.0. The Bertz CT molecular complexity index is 827. The number of hydrogen-bond acceptors (Lipinski definition) is 4. The predicted molar refractivity (Wildman–Crippen MR) is 104 cm³/mol. The molecule has 2 aliphatic rings. The van der Waals surface area contributed by atoms with E-state index in [1.165, 1.54) is 24.8 Å². The minimum atomic E-state index is -0.0791. The van der Waals surface area contributed by atoms with Gasteiger partial charge in [-0.25, -0.2) is 0 Å². The zero-order chi connectivity index (χ0) is 18.5. The Morgan fingerprint density at radius 3 is 2.81 bits per heavy atom. The second-order valence-electron chi connectivity index (χ2n) is 7.25. The normalized spacial score (nSPS) is 17.8. The number of pyridine rings is 1. The van der Waals surface area contributed by atoms with E-state index in [2.05, 4.69) is 22.4 Å². The van der Waals surface area contributed by atoms with Crippen LogP contribution in [0.4, 0.5) is 0 Å². The van der Waals surface area contributed by atoms with Crippen molar-refractivity contribution in [1.82, 2.24) is 10.3 Å². The summed E-state index contributed by atoms with van der Waals surface area (Å²) in [4.78, 5) is 16.4. The van der Waals surface area contributed by atoms with Crippen molar-refractivity contribution >= 4 is 12.0 Å². The van der Waals surface area contributed by atoms with Gasteiger partial charge in [0.2, 0.25) is 12.7 Å². The summed E-state index contributed by atoms with van der Waals surface area (Å²) in [6, 6.07) is 9.97. The first kappa shape index (κ1) is 17.6. The summed E-state index contributed by atoms with van der Waals surface area (Å²) >= 11 is 0. The fourth-order valence-corrected chi connectivity index (χ4v) is 3.98. The molecule has 0 atom stereocenters. The maximum absolute atomic E-state index is 12.4. The van der Waals surface area contributed by atoms with Gasteiger partial charge in [-0.05, 0) is 48.2 Å². The first-order valence-corrected chi connectivity index (χ1v) is 9.51. The molecule has 0 radical (unpaired) electrons. The first-order valence-electron chi connectivity index (χ1n) is 9.51. The average molecular weight is 364 g/mol. The minimum Gasteiger partial charge on any atom is -0.454 e. The molecule has 1 saturated carbocycles. The van der Waals surface area contributed by atoms with Crippen LogP contribution < -0.4 is 14.8 Å². The number of fused-ring (bicyclic) bond motifs is 1. The molecule has 1 aromatic heterocycles. The molecule has 1 fully saturated rings. The number of carbonyl (C=O) groups excluding carboxylic acids is 1. The van der Waals surface area contributed by atoms with Crippen molar-refractivity contribution in [2.75, 3.05) is 13.3 Å². The number of nitrogens with zero attached hydrogens (tertiary/aromatic N) is 1. The van der Waals surface area contributed by atoms with Crippen LogP contribution in [0.3, 0.4) is 0 Å². The van der Waals surface area contributed by atoms with Gasteiger partial charge in [0.25, 0.3) is 0 Å². The van der Waals surface area contributed by atoms with Crippen LogP contribution in [0.1, 0.15) is 43.2 Å². The lowest BCUT2D eigenvalue weighted by Gasteiger charge is -2.38. The van der Waals surface area contributed by atoms with Crippen LogP contribution in [0, 0.1) is 0 Å². The van der Waals surface area contributed by atoms with Crippen molar-refractivity contribution < 1.29 is 14.3 Å². The molecule has 1 N–H and O–H groups in total. The quantitative estimate of drug-likeness (QED) is 0.819. The molecule has 1 aromatic carbocycles. The van der Waals surface area contributed by atoms with Crippen molar-refractivity contribution in [2.45, 2.75) is 37.5 Å². The number of amides is 1. The van der Waals surface area contributed by atoms with Gasteiger partial charge in [-0.1, -0.05) is 31.4 Å². The smallest absolute Gasteiger partial charge is 0.244 e. The molecular weight excluding hydrogens is 340 g/mol. The van der Waals surface area contributed by atoms with Crippen LogP contribution in [0.25, 0.3) is 6.08 Å². The third kappa shape index (κ3) is 3.97. The van der Waals surface area contributed by atoms with Gasteiger partial charge in [-0.15, -0.1) is 0 Å². The van der Waals surface area contributed by atoms with Crippen LogP contribution >= 0.6 is 0 Å². The van der Waals surface area contributed by atoms with Crippen molar-refractivity contribution in [2.24, 2.45) is 0 Å². The van der Waals surface area contributed by atoms with Gasteiger partial charge in [0.05, 0.1) is 0 Å². The van der Waals surface area contributed by atoms with Crippen LogP contribution in [0.5, 0.6) is 11.5 Å². The molecule has 0 spiro atoms. The van der Waals surface area contributed by atoms with E-state index >= 15 is 0 Å². The number of benzene rings is 1. The Balaban J connectivity index is 1.47. The Kier molecular flexibility index (Phi) is 5.10. The van der Waals surface area contributed by atoms with E-state index in [-0.39, 0.29) is 18.1 Å². The largest absolute Gasteiger partial charge is 0.454 e. The second kappa shape index (κ2) is 7.82. The van der Waals surface area contributed by atoms with Gasteiger partial charge in [0, 0.05) is 30.4 Å². The number of rotatable bonds is 5. The summed E-state index contributed by atoms with van der Waals surface area (Å²) in [6.07, 6.45) is 12.6. The van der Waals surface area contributed by atoms with Gasteiger partial charge in [-0.3, -0.25) is 9.78 Å². The first-order chi connectivity index (χ1) is 13.3. The monoisotopic (exact) mass is 364 g/mol. The molecule has 2 heterocycles. The van der Waals surface area contributed by atoms with E-state index < -0.39 is 0 Å². The Labute approximate surface area is 159 Å². The van der Waals surface area contributed by atoms with Crippen molar-refractivity contribution in [3.8, 4) is 11.5 Å². The molecule has 1 amide bonds. The second-order valence-corrected chi connectivity index (χ2v) is 7.25. The van der Waals surface area contributed by atoms with E-state index in [4.69, 9.17) is 9.47 Å². The zero-order valence-electron chi connectivity index (χ0n) is 15.3. The molecule has 0 saturated heterocycles. The lowest BCUT2D eigenvalue weighted by molar-refractivity contribution is -0.116. The van der Waals surface area contributed by atoms with Crippen LogP contribution in [-0.2, 0) is 10.2 Å². The average Bonchev–Trinajstić information content (AvgIpc) is 3.20. The van der Waals surface area contributed by atoms with Gasteiger partial charge in [-0.2, -0.15) is 0 Å². The Morgan fingerprint density at radius 1 is 1.15 bits per heavy atom. The van der Waals surface area contributed by atoms with E-state index in [0.717, 1.165) is 29.9 Å². The van der Waals surface area contributed by atoms with Gasteiger partial charge in [0.1, 0.15) is 0 Å². The highest BCUT2D eigenvalue weighted by molar-refractivity contribution is 5.91. The molecule has 1 aliphatic carbocycles. The van der Waals surface area contributed by atoms with Crippen molar-refractivity contribution in [3.05, 3.63) is 59.9 Å². The lowest BCUT2D eigenvalue weighted by atomic mass is 9.69. The van der Waals surface area contributed by atoms with E-state index in [0.29, 0.717) is 6.54 Å². The third-order valence-corrected chi connectivity index (χ3v) is 5.51. The molecule has 0 bridgehead atoms. The molecule has 140 valence electrons. The van der Waals surface area contributed by atoms with E-state index in [1.807, 2.05) is 18.2 Å². The fourth-order valence-electron chi connectivity index (χ4n) is 3.98. The number of carbonyl (C=O) groups is 1. The van der Waals surface area contributed by atoms with Crippen molar-refractivity contribution in [3.63, 3.8) is 0 Å².